The zero-order valence-electron chi connectivity index (χ0n) is 9.89. The molecule has 1 rings (SSSR count). The van der Waals surface area contributed by atoms with Crippen LogP contribution in [-0.4, -0.2) is 13.1 Å². The molecule has 0 aliphatic carbocycles. The molecule has 16 heavy (non-hydrogen) atoms. The number of benzene rings is 1. The van der Waals surface area contributed by atoms with Crippen LogP contribution in [0.3, 0.4) is 0 Å². The summed E-state index contributed by atoms with van der Waals surface area (Å²) in [6.45, 7) is 6.54. The standard InChI is InChI=1S/C13H19BrClN/c1-3-16-9-10(2)4-5-11-6-7-12(14)8-13(11)15/h6-8,10,16H,3-5,9H2,1-2H3. The summed E-state index contributed by atoms with van der Waals surface area (Å²) in [7, 11) is 0. The third-order valence-corrected chi connectivity index (χ3v) is 3.51. The Bertz CT molecular complexity index is 328. The monoisotopic (exact) mass is 303 g/mol. The molecular formula is C13H19BrClN. The highest BCUT2D eigenvalue weighted by atomic mass is 79.9. The molecule has 0 spiro atoms. The topological polar surface area (TPSA) is 12.0 Å². The van der Waals surface area contributed by atoms with Crippen LogP contribution < -0.4 is 5.32 Å². The smallest absolute Gasteiger partial charge is 0.0449 e. The molecule has 0 heterocycles. The average molecular weight is 305 g/mol. The second-order valence-corrected chi connectivity index (χ2v) is 5.51. The Morgan fingerprint density at radius 2 is 2.19 bits per heavy atom. The molecule has 0 saturated heterocycles. The molecule has 0 aromatic heterocycles. The van der Waals surface area contributed by atoms with Crippen LogP contribution in [0.5, 0.6) is 0 Å². The van der Waals surface area contributed by atoms with E-state index in [0.717, 1.165) is 29.0 Å². The zero-order chi connectivity index (χ0) is 12.0. The maximum Gasteiger partial charge on any atom is 0.0449 e. The molecule has 1 N–H and O–H groups in total. The first-order chi connectivity index (χ1) is 7.63. The number of hydrogen-bond donors (Lipinski definition) is 1. The summed E-state index contributed by atoms with van der Waals surface area (Å²) in [6, 6.07) is 6.12. The number of halogens is 2. The molecule has 1 nitrogen and oxygen atoms in total. The lowest BCUT2D eigenvalue weighted by atomic mass is 10.0. The van der Waals surface area contributed by atoms with Gasteiger partial charge in [0, 0.05) is 9.50 Å². The minimum absolute atomic E-state index is 0.694. The van der Waals surface area contributed by atoms with Gasteiger partial charge in [-0.25, -0.2) is 0 Å². The minimum Gasteiger partial charge on any atom is -0.317 e. The summed E-state index contributed by atoms with van der Waals surface area (Å²) in [5.74, 6) is 0.694. The van der Waals surface area contributed by atoms with E-state index in [1.807, 2.05) is 6.07 Å². The summed E-state index contributed by atoms with van der Waals surface area (Å²) in [5.41, 5.74) is 1.24. The van der Waals surface area contributed by atoms with E-state index in [4.69, 9.17) is 11.6 Å². The van der Waals surface area contributed by atoms with Crippen LogP contribution in [-0.2, 0) is 6.42 Å². The van der Waals surface area contributed by atoms with Crippen molar-refractivity contribution in [2.45, 2.75) is 26.7 Å². The highest BCUT2D eigenvalue weighted by Crippen LogP contribution is 2.23. The number of aryl methyl sites for hydroxylation is 1. The summed E-state index contributed by atoms with van der Waals surface area (Å²) < 4.78 is 1.04. The van der Waals surface area contributed by atoms with Gasteiger partial charge in [-0.2, -0.15) is 0 Å². The lowest BCUT2D eigenvalue weighted by Crippen LogP contribution is -2.20. The SMILES string of the molecule is CCNCC(C)CCc1ccc(Br)cc1Cl. The first kappa shape index (κ1) is 14.0. The third kappa shape index (κ3) is 4.86. The van der Waals surface area contributed by atoms with Crippen molar-refractivity contribution in [2.75, 3.05) is 13.1 Å². The van der Waals surface area contributed by atoms with E-state index in [1.54, 1.807) is 0 Å². The lowest BCUT2D eigenvalue weighted by Gasteiger charge is -2.12. The second-order valence-electron chi connectivity index (χ2n) is 4.19. The van der Waals surface area contributed by atoms with Crippen molar-refractivity contribution in [1.29, 1.82) is 0 Å². The largest absolute Gasteiger partial charge is 0.317 e. The highest BCUT2D eigenvalue weighted by molar-refractivity contribution is 9.10. The predicted octanol–water partition coefficient (Wildman–Crippen LogP) is 4.28. The van der Waals surface area contributed by atoms with Crippen molar-refractivity contribution in [2.24, 2.45) is 5.92 Å². The quantitative estimate of drug-likeness (QED) is 0.827. The summed E-state index contributed by atoms with van der Waals surface area (Å²) in [6.07, 6.45) is 2.23. The van der Waals surface area contributed by atoms with Crippen molar-refractivity contribution in [3.05, 3.63) is 33.3 Å². The van der Waals surface area contributed by atoms with Crippen LogP contribution in [0.2, 0.25) is 5.02 Å². The van der Waals surface area contributed by atoms with Crippen LogP contribution in [0.1, 0.15) is 25.8 Å². The Labute approximate surface area is 112 Å². The molecule has 3 heteroatoms. The normalized spacial score (nSPS) is 12.8. The molecule has 0 saturated carbocycles. The Kier molecular flexibility index (Phi) is 6.40. The van der Waals surface area contributed by atoms with Crippen molar-refractivity contribution >= 4 is 27.5 Å². The Balaban J connectivity index is 2.42. The first-order valence-corrected chi connectivity index (χ1v) is 6.95. The van der Waals surface area contributed by atoms with E-state index in [2.05, 4.69) is 47.2 Å². The van der Waals surface area contributed by atoms with Gasteiger partial charge in [0.25, 0.3) is 0 Å². The maximum absolute atomic E-state index is 6.17. The molecule has 90 valence electrons. The van der Waals surface area contributed by atoms with E-state index in [1.165, 1.54) is 12.0 Å². The minimum atomic E-state index is 0.694. The van der Waals surface area contributed by atoms with Gasteiger partial charge in [0.1, 0.15) is 0 Å². The fraction of sp³-hybridized carbons (Fsp3) is 0.538. The first-order valence-electron chi connectivity index (χ1n) is 5.78. The molecule has 1 atom stereocenters. The van der Waals surface area contributed by atoms with Gasteiger partial charge >= 0.3 is 0 Å². The van der Waals surface area contributed by atoms with Gasteiger partial charge in [0.2, 0.25) is 0 Å². The Morgan fingerprint density at radius 3 is 2.81 bits per heavy atom. The molecule has 1 unspecified atom stereocenters. The molecule has 0 radical (unpaired) electrons. The van der Waals surface area contributed by atoms with Gasteiger partial charge in [-0.15, -0.1) is 0 Å². The Morgan fingerprint density at radius 1 is 1.44 bits per heavy atom. The van der Waals surface area contributed by atoms with Crippen LogP contribution in [0.15, 0.2) is 22.7 Å². The predicted molar refractivity (Wildman–Crippen MR) is 75.2 cm³/mol. The lowest BCUT2D eigenvalue weighted by molar-refractivity contribution is 0.489. The fourth-order valence-corrected chi connectivity index (χ4v) is 2.39. The molecule has 0 bridgehead atoms. The van der Waals surface area contributed by atoms with Crippen LogP contribution in [0.4, 0.5) is 0 Å². The van der Waals surface area contributed by atoms with Crippen LogP contribution in [0, 0.1) is 5.92 Å². The van der Waals surface area contributed by atoms with Gasteiger partial charge < -0.3 is 5.32 Å². The van der Waals surface area contributed by atoms with E-state index in [0.29, 0.717) is 5.92 Å². The average Bonchev–Trinajstić information content (AvgIpc) is 2.25. The maximum atomic E-state index is 6.17. The van der Waals surface area contributed by atoms with Gasteiger partial charge in [-0.05, 0) is 49.5 Å². The molecule has 1 aromatic rings. The molecule has 0 fully saturated rings. The van der Waals surface area contributed by atoms with Crippen molar-refractivity contribution < 1.29 is 0 Å². The summed E-state index contributed by atoms with van der Waals surface area (Å²) >= 11 is 9.59. The number of hydrogen-bond acceptors (Lipinski definition) is 1. The van der Waals surface area contributed by atoms with Crippen molar-refractivity contribution in [3.63, 3.8) is 0 Å². The van der Waals surface area contributed by atoms with Crippen LogP contribution >= 0.6 is 27.5 Å². The molecule has 0 aliphatic heterocycles. The van der Waals surface area contributed by atoms with E-state index >= 15 is 0 Å². The fourth-order valence-electron chi connectivity index (χ4n) is 1.62. The summed E-state index contributed by atoms with van der Waals surface area (Å²) in [4.78, 5) is 0. The van der Waals surface area contributed by atoms with Gasteiger partial charge in [0.05, 0.1) is 0 Å². The molecular weight excluding hydrogens is 286 g/mol. The number of rotatable bonds is 6. The number of nitrogens with one attached hydrogen (secondary N) is 1. The van der Waals surface area contributed by atoms with E-state index in [9.17, 15) is 0 Å². The summed E-state index contributed by atoms with van der Waals surface area (Å²) in [5, 5.41) is 4.23. The van der Waals surface area contributed by atoms with E-state index < -0.39 is 0 Å². The van der Waals surface area contributed by atoms with Gasteiger partial charge in [0.15, 0.2) is 0 Å². The van der Waals surface area contributed by atoms with Gasteiger partial charge in [-0.3, -0.25) is 0 Å². The Hall–Kier alpha value is -0.0500. The van der Waals surface area contributed by atoms with Gasteiger partial charge in [-0.1, -0.05) is 47.4 Å². The van der Waals surface area contributed by atoms with Crippen molar-refractivity contribution in [3.8, 4) is 0 Å². The molecule has 0 aliphatic rings. The second kappa shape index (κ2) is 7.31. The highest BCUT2D eigenvalue weighted by Gasteiger charge is 2.05. The third-order valence-electron chi connectivity index (χ3n) is 2.66. The van der Waals surface area contributed by atoms with Crippen molar-refractivity contribution in [1.82, 2.24) is 5.32 Å². The molecule has 1 aromatic carbocycles. The zero-order valence-corrected chi connectivity index (χ0v) is 12.2. The van der Waals surface area contributed by atoms with Crippen LogP contribution in [0.25, 0.3) is 0 Å². The molecule has 0 amide bonds. The van der Waals surface area contributed by atoms with E-state index in [-0.39, 0.29) is 0 Å².